The Bertz CT molecular complexity index is 1220. The standard InChI is InChI=1S/C19H14N2O5S2/c1-25-11-4-2-3-10(7-11)13-9-27-17-15(13)16(22)20-19(21-17)28-8-12-5-6-14(26-12)18(23)24/h2-7,9H,8H2,1H3,(H,23,24)(H,20,21,22). The number of aromatic carboxylic acids is 1. The fourth-order valence-corrected chi connectivity index (χ4v) is 4.47. The number of nitrogens with one attached hydrogen (secondary N) is 1. The van der Waals surface area contributed by atoms with Crippen LogP contribution in [0.1, 0.15) is 16.3 Å². The Labute approximate surface area is 167 Å². The molecule has 0 aliphatic carbocycles. The van der Waals surface area contributed by atoms with Crippen LogP contribution in [-0.4, -0.2) is 28.2 Å². The number of rotatable bonds is 6. The molecule has 2 N–H and O–H groups in total. The molecule has 0 amide bonds. The van der Waals surface area contributed by atoms with E-state index in [0.29, 0.717) is 32.6 Å². The highest BCUT2D eigenvalue weighted by atomic mass is 32.2. The molecule has 0 saturated carbocycles. The summed E-state index contributed by atoms with van der Waals surface area (Å²) in [5, 5.41) is 11.8. The van der Waals surface area contributed by atoms with Crippen LogP contribution in [-0.2, 0) is 5.75 Å². The van der Waals surface area contributed by atoms with E-state index in [-0.39, 0.29) is 11.3 Å². The van der Waals surface area contributed by atoms with Gasteiger partial charge in [-0.3, -0.25) is 4.79 Å². The molecule has 4 rings (SSSR count). The number of aromatic nitrogens is 2. The number of thioether (sulfide) groups is 1. The fourth-order valence-electron chi connectivity index (χ4n) is 2.71. The number of carboxylic acid groups (broad SMARTS) is 1. The monoisotopic (exact) mass is 414 g/mol. The summed E-state index contributed by atoms with van der Waals surface area (Å²) in [6.45, 7) is 0. The second kappa shape index (κ2) is 7.53. The van der Waals surface area contributed by atoms with E-state index in [2.05, 4.69) is 9.97 Å². The highest BCUT2D eigenvalue weighted by molar-refractivity contribution is 7.98. The van der Waals surface area contributed by atoms with Gasteiger partial charge in [-0.2, -0.15) is 0 Å². The third-order valence-corrected chi connectivity index (χ3v) is 5.79. The van der Waals surface area contributed by atoms with Gasteiger partial charge in [0.2, 0.25) is 5.76 Å². The minimum atomic E-state index is -1.12. The van der Waals surface area contributed by atoms with Gasteiger partial charge >= 0.3 is 5.97 Å². The molecule has 0 bridgehead atoms. The van der Waals surface area contributed by atoms with E-state index in [1.807, 2.05) is 29.6 Å². The van der Waals surface area contributed by atoms with Gasteiger partial charge in [0.15, 0.2) is 5.16 Å². The molecule has 0 saturated heterocycles. The van der Waals surface area contributed by atoms with E-state index in [1.165, 1.54) is 29.2 Å². The van der Waals surface area contributed by atoms with Gasteiger partial charge in [-0.05, 0) is 29.8 Å². The molecule has 0 unspecified atom stereocenters. The zero-order valence-electron chi connectivity index (χ0n) is 14.6. The molecule has 142 valence electrons. The molecule has 1 aromatic carbocycles. The largest absolute Gasteiger partial charge is 0.497 e. The first-order valence-corrected chi connectivity index (χ1v) is 10.0. The lowest BCUT2D eigenvalue weighted by molar-refractivity contribution is 0.0661. The van der Waals surface area contributed by atoms with E-state index >= 15 is 0 Å². The molecule has 3 heterocycles. The highest BCUT2D eigenvalue weighted by Gasteiger charge is 2.15. The van der Waals surface area contributed by atoms with E-state index in [0.717, 1.165) is 11.1 Å². The number of ether oxygens (including phenoxy) is 1. The summed E-state index contributed by atoms with van der Waals surface area (Å²) in [4.78, 5) is 31.5. The predicted octanol–water partition coefficient (Wildman–Crippen LogP) is 4.24. The average molecular weight is 414 g/mol. The summed E-state index contributed by atoms with van der Waals surface area (Å²) in [6, 6.07) is 10.5. The van der Waals surface area contributed by atoms with Crippen molar-refractivity contribution < 1.29 is 19.1 Å². The van der Waals surface area contributed by atoms with E-state index in [4.69, 9.17) is 14.3 Å². The number of hydrogen-bond acceptors (Lipinski definition) is 7. The van der Waals surface area contributed by atoms with Crippen molar-refractivity contribution in [2.75, 3.05) is 7.11 Å². The molecule has 0 radical (unpaired) electrons. The number of methoxy groups -OCH3 is 1. The first-order chi connectivity index (χ1) is 13.5. The second-order valence-corrected chi connectivity index (χ2v) is 7.61. The highest BCUT2D eigenvalue weighted by Crippen LogP contribution is 2.33. The number of benzene rings is 1. The van der Waals surface area contributed by atoms with Crippen molar-refractivity contribution in [1.29, 1.82) is 0 Å². The lowest BCUT2D eigenvalue weighted by Crippen LogP contribution is -2.08. The first-order valence-electron chi connectivity index (χ1n) is 8.16. The second-order valence-electron chi connectivity index (χ2n) is 5.79. The maximum atomic E-state index is 12.7. The summed E-state index contributed by atoms with van der Waals surface area (Å²) in [5.41, 5.74) is 1.47. The Morgan fingerprint density at radius 3 is 2.96 bits per heavy atom. The van der Waals surface area contributed by atoms with Gasteiger partial charge in [-0.15, -0.1) is 11.3 Å². The maximum absolute atomic E-state index is 12.7. The molecule has 28 heavy (non-hydrogen) atoms. The Morgan fingerprint density at radius 2 is 2.21 bits per heavy atom. The molecule has 9 heteroatoms. The van der Waals surface area contributed by atoms with Crippen LogP contribution < -0.4 is 10.3 Å². The van der Waals surface area contributed by atoms with E-state index in [9.17, 15) is 9.59 Å². The number of H-pyrrole nitrogens is 1. The summed E-state index contributed by atoms with van der Waals surface area (Å²) in [5.74, 6) is 0.332. The Kier molecular flexibility index (Phi) is 4.93. The van der Waals surface area contributed by atoms with E-state index < -0.39 is 5.97 Å². The molecule has 3 aromatic heterocycles. The van der Waals surface area contributed by atoms with Crippen LogP contribution in [0.2, 0.25) is 0 Å². The van der Waals surface area contributed by atoms with Gasteiger partial charge in [0, 0.05) is 10.9 Å². The molecular formula is C19H14N2O5S2. The summed E-state index contributed by atoms with van der Waals surface area (Å²) < 4.78 is 10.5. The topological polar surface area (TPSA) is 105 Å². The van der Waals surface area contributed by atoms with Crippen LogP contribution in [0.5, 0.6) is 5.75 Å². The molecular weight excluding hydrogens is 400 g/mol. The van der Waals surface area contributed by atoms with Gasteiger partial charge in [0.25, 0.3) is 5.56 Å². The van der Waals surface area contributed by atoms with Crippen LogP contribution in [0.4, 0.5) is 0 Å². The van der Waals surface area contributed by atoms with Crippen molar-refractivity contribution in [2.45, 2.75) is 10.9 Å². The third kappa shape index (κ3) is 3.54. The number of carbonyl (C=O) groups is 1. The van der Waals surface area contributed by atoms with E-state index in [1.54, 1.807) is 13.2 Å². The smallest absolute Gasteiger partial charge is 0.371 e. The van der Waals surface area contributed by atoms with Crippen molar-refractivity contribution >= 4 is 39.3 Å². The average Bonchev–Trinajstić information content (AvgIpc) is 3.34. The molecule has 0 spiro atoms. The Balaban J connectivity index is 1.62. The van der Waals surface area contributed by atoms with Crippen molar-refractivity contribution in [2.24, 2.45) is 0 Å². The molecule has 4 aromatic rings. The van der Waals surface area contributed by atoms with Crippen molar-refractivity contribution in [3.8, 4) is 16.9 Å². The molecule has 0 aliphatic rings. The predicted molar refractivity (Wildman–Crippen MR) is 107 cm³/mol. The van der Waals surface area contributed by atoms with Gasteiger partial charge in [-0.25, -0.2) is 9.78 Å². The zero-order chi connectivity index (χ0) is 19.7. The van der Waals surface area contributed by atoms with Crippen molar-refractivity contribution in [1.82, 2.24) is 9.97 Å². The normalized spacial score (nSPS) is 11.0. The Morgan fingerprint density at radius 1 is 1.36 bits per heavy atom. The number of thiophene rings is 1. The summed E-state index contributed by atoms with van der Waals surface area (Å²) in [7, 11) is 1.60. The zero-order valence-corrected chi connectivity index (χ0v) is 16.2. The SMILES string of the molecule is COc1cccc(-c2csc3nc(SCc4ccc(C(=O)O)o4)[nH]c(=O)c23)c1. The molecule has 0 aliphatic heterocycles. The summed E-state index contributed by atoms with van der Waals surface area (Å²) >= 11 is 2.67. The number of nitrogens with zero attached hydrogens (tertiary/aromatic N) is 1. The quantitative estimate of drug-likeness (QED) is 0.359. The first kappa shape index (κ1) is 18.3. The molecule has 0 atom stereocenters. The molecule has 0 fully saturated rings. The lowest BCUT2D eigenvalue weighted by Gasteiger charge is -2.04. The fraction of sp³-hybridized carbons (Fsp3) is 0.105. The van der Waals surface area contributed by atoms with Gasteiger partial charge in [0.1, 0.15) is 16.3 Å². The van der Waals surface area contributed by atoms with Crippen molar-refractivity contribution in [3.05, 3.63) is 63.7 Å². The van der Waals surface area contributed by atoms with Gasteiger partial charge < -0.3 is 19.2 Å². The maximum Gasteiger partial charge on any atom is 0.371 e. The van der Waals surface area contributed by atoms with Gasteiger partial charge in [-0.1, -0.05) is 23.9 Å². The number of aromatic amines is 1. The molecule has 7 nitrogen and oxygen atoms in total. The number of fused-ring (bicyclic) bond motifs is 1. The minimum absolute atomic E-state index is 0.117. The van der Waals surface area contributed by atoms with Crippen LogP contribution in [0, 0.1) is 0 Å². The number of carboxylic acids is 1. The minimum Gasteiger partial charge on any atom is -0.497 e. The van der Waals surface area contributed by atoms with Crippen LogP contribution in [0.3, 0.4) is 0 Å². The lowest BCUT2D eigenvalue weighted by atomic mass is 10.1. The van der Waals surface area contributed by atoms with Crippen LogP contribution in [0.15, 0.2) is 56.1 Å². The van der Waals surface area contributed by atoms with Crippen LogP contribution >= 0.6 is 23.1 Å². The van der Waals surface area contributed by atoms with Gasteiger partial charge in [0.05, 0.1) is 18.2 Å². The number of hydrogen-bond donors (Lipinski definition) is 2. The van der Waals surface area contributed by atoms with Crippen LogP contribution in [0.25, 0.3) is 21.3 Å². The summed E-state index contributed by atoms with van der Waals surface area (Å²) in [6.07, 6.45) is 0. The third-order valence-electron chi connectivity index (χ3n) is 4.03. The number of furan rings is 1. The van der Waals surface area contributed by atoms with Crippen molar-refractivity contribution in [3.63, 3.8) is 0 Å². The Hall–Kier alpha value is -3.04.